The van der Waals surface area contributed by atoms with Crippen LogP contribution in [-0.4, -0.2) is 38.3 Å². The van der Waals surface area contributed by atoms with E-state index >= 15 is 0 Å². The molecule has 0 radical (unpaired) electrons. The van der Waals surface area contributed by atoms with Crippen LogP contribution in [0.5, 0.6) is 17.2 Å². The Hall–Kier alpha value is -6.19. The minimum atomic E-state index is -1.32. The van der Waals surface area contributed by atoms with Gasteiger partial charge in [0.2, 0.25) is 0 Å². The molecule has 1 N–H and O–H groups in total. The maximum absolute atomic E-state index is 13.6. The van der Waals surface area contributed by atoms with Crippen LogP contribution >= 0.6 is 0 Å². The number of carbonyl (C=O) groups is 2. The van der Waals surface area contributed by atoms with Gasteiger partial charge in [0.15, 0.2) is 6.29 Å². The highest BCUT2D eigenvalue weighted by atomic mass is 16.6. The number of hydrogen-bond acceptors (Lipinski definition) is 9. The van der Waals surface area contributed by atoms with Crippen molar-refractivity contribution in [1.82, 2.24) is 15.0 Å². The number of esters is 2. The molecule has 9 heteroatoms. The third-order valence-electron chi connectivity index (χ3n) is 8.92. The first-order valence-electron chi connectivity index (χ1n) is 16.8. The van der Waals surface area contributed by atoms with Crippen molar-refractivity contribution in [2.75, 3.05) is 0 Å². The van der Waals surface area contributed by atoms with Gasteiger partial charge >= 0.3 is 11.9 Å². The van der Waals surface area contributed by atoms with E-state index in [4.69, 9.17) is 14.2 Å². The molecule has 3 atom stereocenters. The summed E-state index contributed by atoms with van der Waals surface area (Å²) < 4.78 is 17.4. The molecule has 3 aromatic carbocycles. The molecule has 1 fully saturated rings. The van der Waals surface area contributed by atoms with E-state index in [0.29, 0.717) is 5.75 Å². The zero-order chi connectivity index (χ0) is 35.0. The van der Waals surface area contributed by atoms with Crippen molar-refractivity contribution in [1.29, 1.82) is 0 Å². The molecule has 254 valence electrons. The smallest absolute Gasteiger partial charge is 0.314 e. The van der Waals surface area contributed by atoms with Crippen LogP contribution in [-0.2, 0) is 9.59 Å². The summed E-state index contributed by atoms with van der Waals surface area (Å²) in [6.07, 6.45) is 3.89. The number of aliphatic hydroxyl groups is 1. The Morgan fingerprint density at radius 2 is 0.882 bits per heavy atom. The Morgan fingerprint density at radius 1 is 0.510 bits per heavy atom. The lowest BCUT2D eigenvalue weighted by atomic mass is 9.74. The monoisotopic (exact) mass is 677 g/mol. The lowest BCUT2D eigenvalue weighted by Gasteiger charge is -2.34. The van der Waals surface area contributed by atoms with Gasteiger partial charge < -0.3 is 19.3 Å². The first kappa shape index (κ1) is 33.3. The second-order valence-electron chi connectivity index (χ2n) is 12.4. The fraction of sp³-hybridized carbons (Fsp3) is 0.167. The zero-order valence-corrected chi connectivity index (χ0v) is 27.6. The van der Waals surface area contributed by atoms with Crippen molar-refractivity contribution in [2.45, 2.75) is 25.6 Å². The Balaban J connectivity index is 1.06. The highest BCUT2D eigenvalue weighted by molar-refractivity contribution is 5.79. The van der Waals surface area contributed by atoms with Gasteiger partial charge in [-0.25, -0.2) is 0 Å². The Bertz CT molecular complexity index is 1940. The standard InChI is InChI=1S/C42H35N3O6/c46-40(49-34-16-19-37(43-25-34)28-10-4-1-5-11-28)31-22-32(41(47)50-35-17-20-38(44-26-35)29-12-6-2-7-13-29)24-33(23-31)42(48)51-36-18-21-39(45-27-36)30-14-8-3-9-15-30/h1-21,25-27,31-33,40,46H,22-24H2. The number of aliphatic hydroxyl groups excluding tert-OH is 1. The third-order valence-corrected chi connectivity index (χ3v) is 8.92. The van der Waals surface area contributed by atoms with Crippen LogP contribution in [0.4, 0.5) is 0 Å². The van der Waals surface area contributed by atoms with Crippen LogP contribution in [0.15, 0.2) is 146 Å². The van der Waals surface area contributed by atoms with E-state index in [9.17, 15) is 14.7 Å². The summed E-state index contributed by atoms with van der Waals surface area (Å²) in [4.78, 5) is 40.5. The highest BCUT2D eigenvalue weighted by Crippen LogP contribution is 2.38. The predicted molar refractivity (Wildman–Crippen MR) is 191 cm³/mol. The molecule has 1 saturated carbocycles. The fourth-order valence-electron chi connectivity index (χ4n) is 6.29. The molecule has 1 aliphatic rings. The van der Waals surface area contributed by atoms with Gasteiger partial charge in [0, 0.05) is 22.6 Å². The first-order chi connectivity index (χ1) is 25.0. The molecule has 51 heavy (non-hydrogen) atoms. The molecule has 0 aliphatic heterocycles. The Labute approximate surface area is 295 Å². The first-order valence-corrected chi connectivity index (χ1v) is 16.8. The molecule has 7 rings (SSSR count). The van der Waals surface area contributed by atoms with Crippen molar-refractivity contribution in [3.63, 3.8) is 0 Å². The topological polar surface area (TPSA) is 121 Å². The molecular weight excluding hydrogens is 642 g/mol. The Morgan fingerprint density at radius 3 is 1.24 bits per heavy atom. The normalized spacial score (nSPS) is 17.5. The van der Waals surface area contributed by atoms with Crippen LogP contribution in [0, 0.1) is 17.8 Å². The average molecular weight is 678 g/mol. The molecule has 3 heterocycles. The number of aromatic nitrogens is 3. The number of nitrogens with zero attached hydrogens (tertiary/aromatic N) is 3. The maximum Gasteiger partial charge on any atom is 0.314 e. The number of ether oxygens (including phenoxy) is 3. The van der Waals surface area contributed by atoms with Gasteiger partial charge in [-0.05, 0) is 55.7 Å². The Kier molecular flexibility index (Phi) is 10.2. The molecule has 0 saturated heterocycles. The molecule has 0 amide bonds. The molecule has 9 nitrogen and oxygen atoms in total. The van der Waals surface area contributed by atoms with Gasteiger partial charge in [0.25, 0.3) is 0 Å². The highest BCUT2D eigenvalue weighted by Gasteiger charge is 2.41. The van der Waals surface area contributed by atoms with Crippen molar-refractivity contribution in [3.8, 4) is 51.0 Å². The molecule has 0 spiro atoms. The number of hydrogen-bond donors (Lipinski definition) is 1. The summed E-state index contributed by atoms with van der Waals surface area (Å²) in [5.41, 5.74) is 5.08. The minimum Gasteiger partial charge on any atom is -0.463 e. The minimum absolute atomic E-state index is 0.180. The number of rotatable bonds is 10. The predicted octanol–water partition coefficient (Wildman–Crippen LogP) is 7.81. The van der Waals surface area contributed by atoms with E-state index < -0.39 is 36.0 Å². The van der Waals surface area contributed by atoms with Crippen molar-refractivity contribution < 1.29 is 28.9 Å². The molecule has 3 unspecified atom stereocenters. The van der Waals surface area contributed by atoms with Crippen molar-refractivity contribution in [3.05, 3.63) is 146 Å². The largest absolute Gasteiger partial charge is 0.463 e. The van der Waals surface area contributed by atoms with Crippen LogP contribution in [0.3, 0.4) is 0 Å². The fourth-order valence-corrected chi connectivity index (χ4v) is 6.29. The zero-order valence-electron chi connectivity index (χ0n) is 27.6. The van der Waals surface area contributed by atoms with E-state index in [-0.39, 0.29) is 30.8 Å². The molecule has 1 aliphatic carbocycles. The summed E-state index contributed by atoms with van der Waals surface area (Å²) in [6, 6.07) is 39.6. The summed E-state index contributed by atoms with van der Waals surface area (Å²) in [5.74, 6) is -2.14. The summed E-state index contributed by atoms with van der Waals surface area (Å²) >= 11 is 0. The van der Waals surface area contributed by atoms with Gasteiger partial charge in [-0.3, -0.25) is 24.5 Å². The van der Waals surface area contributed by atoms with Crippen molar-refractivity contribution in [2.24, 2.45) is 17.8 Å². The van der Waals surface area contributed by atoms with Crippen LogP contribution in [0.25, 0.3) is 33.8 Å². The quantitative estimate of drug-likeness (QED) is 0.114. The lowest BCUT2D eigenvalue weighted by Crippen LogP contribution is -2.40. The second kappa shape index (κ2) is 15.6. The van der Waals surface area contributed by atoms with E-state index in [0.717, 1.165) is 33.8 Å². The van der Waals surface area contributed by atoms with Crippen LogP contribution < -0.4 is 14.2 Å². The lowest BCUT2D eigenvalue weighted by molar-refractivity contribution is -0.151. The molecule has 0 bridgehead atoms. The van der Waals surface area contributed by atoms with Gasteiger partial charge in [-0.15, -0.1) is 0 Å². The van der Waals surface area contributed by atoms with Crippen LogP contribution in [0.2, 0.25) is 0 Å². The summed E-state index contributed by atoms with van der Waals surface area (Å²) in [7, 11) is 0. The maximum atomic E-state index is 13.6. The third kappa shape index (κ3) is 8.34. The van der Waals surface area contributed by atoms with E-state index in [1.807, 2.05) is 97.1 Å². The molecule has 6 aromatic rings. The number of pyridine rings is 3. The van der Waals surface area contributed by atoms with E-state index in [2.05, 4.69) is 15.0 Å². The van der Waals surface area contributed by atoms with Gasteiger partial charge in [-0.1, -0.05) is 91.0 Å². The summed E-state index contributed by atoms with van der Waals surface area (Å²) in [6.45, 7) is 0. The van der Waals surface area contributed by atoms with E-state index in [1.54, 1.807) is 36.5 Å². The molecule has 3 aromatic heterocycles. The van der Waals surface area contributed by atoms with Gasteiger partial charge in [-0.2, -0.15) is 0 Å². The second-order valence-corrected chi connectivity index (χ2v) is 12.4. The number of benzene rings is 3. The van der Waals surface area contributed by atoms with Crippen LogP contribution in [0.1, 0.15) is 19.3 Å². The van der Waals surface area contributed by atoms with Gasteiger partial charge in [0.05, 0.1) is 47.5 Å². The number of carbonyl (C=O) groups excluding carboxylic acids is 2. The SMILES string of the molecule is O=C(Oc1ccc(-c2ccccc2)nc1)C1CC(C(=O)Oc2ccc(-c3ccccc3)nc2)CC(C(O)Oc2ccc(-c3ccccc3)nc2)C1. The average Bonchev–Trinajstić information content (AvgIpc) is 3.19. The summed E-state index contributed by atoms with van der Waals surface area (Å²) in [5, 5.41) is 11.3. The van der Waals surface area contributed by atoms with Crippen molar-refractivity contribution >= 4 is 11.9 Å². The van der Waals surface area contributed by atoms with E-state index in [1.165, 1.54) is 12.4 Å². The molecular formula is C42H35N3O6. The van der Waals surface area contributed by atoms with Gasteiger partial charge in [0.1, 0.15) is 17.2 Å².